The Labute approximate surface area is 137 Å². The van der Waals surface area contributed by atoms with Gasteiger partial charge >= 0.3 is 0 Å². The van der Waals surface area contributed by atoms with Crippen LogP contribution in [0, 0.1) is 18.3 Å². The van der Waals surface area contributed by atoms with Crippen molar-refractivity contribution in [3.63, 3.8) is 0 Å². The molecule has 0 unspecified atom stereocenters. The van der Waals surface area contributed by atoms with Gasteiger partial charge in [0.2, 0.25) is 0 Å². The SMILES string of the molecule is Cc1cc(NC(=O)c2cccc(-n3cnnn3)c2)n(CCC#N)n1. The van der Waals surface area contributed by atoms with Crippen molar-refractivity contribution in [2.45, 2.75) is 19.9 Å². The molecule has 0 radical (unpaired) electrons. The lowest BCUT2D eigenvalue weighted by atomic mass is 10.2. The predicted octanol–water partition coefficient (Wildman–Crippen LogP) is 1.33. The van der Waals surface area contributed by atoms with Crippen LogP contribution in [-0.2, 0) is 6.54 Å². The zero-order chi connectivity index (χ0) is 16.9. The minimum atomic E-state index is -0.275. The summed E-state index contributed by atoms with van der Waals surface area (Å²) in [6.45, 7) is 2.25. The Balaban J connectivity index is 1.81. The number of aromatic nitrogens is 6. The monoisotopic (exact) mass is 322 g/mol. The van der Waals surface area contributed by atoms with Gasteiger partial charge in [-0.25, -0.2) is 9.36 Å². The standard InChI is InChI=1S/C15H14N8O/c1-11-8-14(22(19-11)7-3-6-16)18-15(24)12-4-2-5-13(9-12)23-10-17-20-21-23/h2,4-5,8-10H,3,7H2,1H3,(H,18,24). The van der Waals surface area contributed by atoms with Crippen LogP contribution in [0.25, 0.3) is 5.69 Å². The molecule has 24 heavy (non-hydrogen) atoms. The van der Waals surface area contributed by atoms with Gasteiger partial charge in [0.05, 0.1) is 30.4 Å². The molecule has 0 saturated heterocycles. The van der Waals surface area contributed by atoms with E-state index in [0.717, 1.165) is 5.69 Å². The average Bonchev–Trinajstić information content (AvgIpc) is 3.23. The maximum Gasteiger partial charge on any atom is 0.256 e. The van der Waals surface area contributed by atoms with E-state index in [9.17, 15) is 4.79 Å². The van der Waals surface area contributed by atoms with Crippen molar-refractivity contribution in [1.29, 1.82) is 5.26 Å². The van der Waals surface area contributed by atoms with E-state index in [1.165, 1.54) is 11.0 Å². The molecule has 3 aromatic rings. The number of aryl methyl sites for hydroxylation is 2. The van der Waals surface area contributed by atoms with Gasteiger partial charge in [-0.1, -0.05) is 6.07 Å². The summed E-state index contributed by atoms with van der Waals surface area (Å²) in [5.74, 6) is 0.281. The van der Waals surface area contributed by atoms with Crippen molar-refractivity contribution in [2.24, 2.45) is 0 Å². The molecule has 0 saturated carbocycles. The highest BCUT2D eigenvalue weighted by atomic mass is 16.1. The molecule has 0 fully saturated rings. The maximum absolute atomic E-state index is 12.5. The summed E-state index contributed by atoms with van der Waals surface area (Å²) in [5.41, 5.74) is 1.92. The average molecular weight is 322 g/mol. The van der Waals surface area contributed by atoms with Crippen LogP contribution in [0.3, 0.4) is 0 Å². The minimum Gasteiger partial charge on any atom is -0.307 e. The first kappa shape index (κ1) is 15.4. The molecule has 2 aromatic heterocycles. The van der Waals surface area contributed by atoms with Crippen molar-refractivity contribution >= 4 is 11.7 Å². The molecule has 1 N–H and O–H groups in total. The number of nitrogens with one attached hydrogen (secondary N) is 1. The molecule has 9 nitrogen and oxygen atoms in total. The topological polar surface area (TPSA) is 114 Å². The first-order valence-electron chi connectivity index (χ1n) is 7.23. The second kappa shape index (κ2) is 6.70. The van der Waals surface area contributed by atoms with E-state index in [2.05, 4.69) is 32.0 Å². The van der Waals surface area contributed by atoms with Crippen LogP contribution in [0.15, 0.2) is 36.7 Å². The number of rotatable bonds is 5. The van der Waals surface area contributed by atoms with E-state index in [1.54, 1.807) is 35.0 Å². The number of nitriles is 1. The molecule has 2 heterocycles. The molecule has 0 aliphatic heterocycles. The number of hydrogen-bond donors (Lipinski definition) is 1. The highest BCUT2D eigenvalue weighted by molar-refractivity contribution is 6.04. The van der Waals surface area contributed by atoms with Gasteiger partial charge in [-0.3, -0.25) is 4.79 Å². The summed E-state index contributed by atoms with van der Waals surface area (Å²) < 4.78 is 3.08. The van der Waals surface area contributed by atoms with E-state index in [-0.39, 0.29) is 5.91 Å². The lowest BCUT2D eigenvalue weighted by Gasteiger charge is -2.08. The van der Waals surface area contributed by atoms with E-state index in [4.69, 9.17) is 5.26 Å². The van der Waals surface area contributed by atoms with Crippen molar-refractivity contribution in [3.8, 4) is 11.8 Å². The van der Waals surface area contributed by atoms with Crippen LogP contribution in [0.1, 0.15) is 22.5 Å². The van der Waals surface area contributed by atoms with Crippen LogP contribution >= 0.6 is 0 Å². The molecule has 120 valence electrons. The van der Waals surface area contributed by atoms with Gasteiger partial charge in [-0.2, -0.15) is 10.4 Å². The molecular weight excluding hydrogens is 308 g/mol. The molecule has 0 bridgehead atoms. The van der Waals surface area contributed by atoms with Crippen molar-refractivity contribution in [2.75, 3.05) is 5.32 Å². The summed E-state index contributed by atoms with van der Waals surface area (Å²) in [4.78, 5) is 12.5. The van der Waals surface area contributed by atoms with Crippen LogP contribution in [0.4, 0.5) is 5.82 Å². The van der Waals surface area contributed by atoms with E-state index in [1.807, 2.05) is 6.92 Å². The van der Waals surface area contributed by atoms with Crippen LogP contribution in [0.2, 0.25) is 0 Å². The maximum atomic E-state index is 12.5. The third-order valence-corrected chi connectivity index (χ3v) is 3.30. The number of anilines is 1. The fraction of sp³-hybridized carbons (Fsp3) is 0.200. The number of carbonyl (C=O) groups is 1. The first-order chi connectivity index (χ1) is 11.7. The van der Waals surface area contributed by atoms with Crippen molar-refractivity contribution in [3.05, 3.63) is 47.9 Å². The van der Waals surface area contributed by atoms with Gasteiger partial charge in [0.1, 0.15) is 12.1 Å². The summed E-state index contributed by atoms with van der Waals surface area (Å²) in [6.07, 6.45) is 1.77. The van der Waals surface area contributed by atoms with Crippen LogP contribution in [0.5, 0.6) is 0 Å². The fourth-order valence-electron chi connectivity index (χ4n) is 2.23. The minimum absolute atomic E-state index is 0.275. The number of tetrazole rings is 1. The van der Waals surface area contributed by atoms with Crippen molar-refractivity contribution in [1.82, 2.24) is 30.0 Å². The second-order valence-electron chi connectivity index (χ2n) is 5.06. The lowest BCUT2D eigenvalue weighted by molar-refractivity contribution is 0.102. The van der Waals surface area contributed by atoms with E-state index in [0.29, 0.717) is 30.0 Å². The lowest BCUT2D eigenvalue weighted by Crippen LogP contribution is -2.16. The Bertz CT molecular complexity index is 891. The van der Waals surface area contributed by atoms with Crippen LogP contribution < -0.4 is 5.32 Å². The Kier molecular flexibility index (Phi) is 4.29. The van der Waals surface area contributed by atoms with Crippen LogP contribution in [-0.4, -0.2) is 35.9 Å². The zero-order valence-corrected chi connectivity index (χ0v) is 12.9. The Morgan fingerprint density at radius 3 is 3.00 bits per heavy atom. The smallest absolute Gasteiger partial charge is 0.256 e. The molecule has 1 amide bonds. The molecule has 1 aromatic carbocycles. The molecule has 0 aliphatic carbocycles. The summed E-state index contributed by atoms with van der Waals surface area (Å²) in [6, 6.07) is 10.8. The van der Waals surface area contributed by atoms with Gasteiger partial charge in [0.15, 0.2) is 0 Å². The fourth-order valence-corrected chi connectivity index (χ4v) is 2.23. The quantitative estimate of drug-likeness (QED) is 0.758. The van der Waals surface area contributed by atoms with Gasteiger partial charge in [-0.05, 0) is 35.5 Å². The molecule has 0 atom stereocenters. The third kappa shape index (κ3) is 3.27. The summed E-state index contributed by atoms with van der Waals surface area (Å²) in [7, 11) is 0. The van der Waals surface area contributed by atoms with Gasteiger partial charge in [-0.15, -0.1) is 5.10 Å². The third-order valence-electron chi connectivity index (χ3n) is 3.30. The molecule has 0 spiro atoms. The van der Waals surface area contributed by atoms with E-state index >= 15 is 0 Å². The summed E-state index contributed by atoms with van der Waals surface area (Å²) in [5, 5.41) is 26.8. The largest absolute Gasteiger partial charge is 0.307 e. The second-order valence-corrected chi connectivity index (χ2v) is 5.06. The predicted molar refractivity (Wildman–Crippen MR) is 84.3 cm³/mol. The van der Waals surface area contributed by atoms with Gasteiger partial charge in [0, 0.05) is 11.6 Å². The summed E-state index contributed by atoms with van der Waals surface area (Å²) >= 11 is 0. The number of amides is 1. The number of benzene rings is 1. The normalized spacial score (nSPS) is 10.3. The van der Waals surface area contributed by atoms with E-state index < -0.39 is 0 Å². The Hall–Kier alpha value is -3.54. The zero-order valence-electron chi connectivity index (χ0n) is 12.9. The molecule has 0 aliphatic rings. The highest BCUT2D eigenvalue weighted by Gasteiger charge is 2.12. The van der Waals surface area contributed by atoms with Crippen molar-refractivity contribution < 1.29 is 4.79 Å². The molecule has 3 rings (SSSR count). The number of nitrogens with zero attached hydrogens (tertiary/aromatic N) is 7. The number of carbonyl (C=O) groups excluding carboxylic acids is 1. The first-order valence-corrected chi connectivity index (χ1v) is 7.23. The van der Waals surface area contributed by atoms with Gasteiger partial charge < -0.3 is 5.32 Å². The molecular formula is C15H14N8O. The number of hydrogen-bond acceptors (Lipinski definition) is 6. The Morgan fingerprint density at radius 2 is 2.25 bits per heavy atom. The van der Waals surface area contributed by atoms with Gasteiger partial charge in [0.25, 0.3) is 5.91 Å². The molecule has 9 heteroatoms. The highest BCUT2D eigenvalue weighted by Crippen LogP contribution is 2.14. The Morgan fingerprint density at radius 1 is 1.38 bits per heavy atom.